The van der Waals surface area contributed by atoms with Gasteiger partial charge in [-0.1, -0.05) is 36.4 Å². The highest BCUT2D eigenvalue weighted by Gasteiger charge is 2.21. The molecule has 0 saturated heterocycles. The van der Waals surface area contributed by atoms with Gasteiger partial charge in [-0.05, 0) is 24.1 Å². The number of carboxylic acids is 1. The molecule has 0 heterocycles. The van der Waals surface area contributed by atoms with E-state index >= 15 is 0 Å². The number of benzene rings is 2. The smallest absolute Gasteiger partial charge is 0.387 e. The van der Waals surface area contributed by atoms with E-state index < -0.39 is 23.9 Å². The van der Waals surface area contributed by atoms with Gasteiger partial charge in [0.25, 0.3) is 0 Å². The third-order valence-electron chi connectivity index (χ3n) is 3.21. The van der Waals surface area contributed by atoms with Gasteiger partial charge in [-0.15, -0.1) is 12.4 Å². The molecule has 2 rings (SSSR count). The summed E-state index contributed by atoms with van der Waals surface area (Å²) in [6, 6.07) is 13.0. The Morgan fingerprint density at radius 3 is 2.32 bits per heavy atom. The molecule has 0 aliphatic rings. The summed E-state index contributed by atoms with van der Waals surface area (Å²) in [5.74, 6) is -1.94. The fourth-order valence-corrected chi connectivity index (χ4v) is 2.21. The third-order valence-corrected chi connectivity index (χ3v) is 3.21. The van der Waals surface area contributed by atoms with Crippen LogP contribution in [0.1, 0.15) is 15.9 Å². The SMILES string of the molecule is Cl.NC(COc1cccc(OC(F)F)c1C(=O)O)Cc1ccccc1. The average molecular weight is 374 g/mol. The Labute approximate surface area is 149 Å². The molecule has 8 heteroatoms. The lowest BCUT2D eigenvalue weighted by Gasteiger charge is -2.16. The van der Waals surface area contributed by atoms with Gasteiger partial charge in [-0.3, -0.25) is 0 Å². The van der Waals surface area contributed by atoms with Crippen LogP contribution in [-0.2, 0) is 6.42 Å². The molecule has 0 aliphatic heterocycles. The van der Waals surface area contributed by atoms with Crippen LogP contribution in [0.4, 0.5) is 8.78 Å². The molecule has 3 N–H and O–H groups in total. The van der Waals surface area contributed by atoms with E-state index in [9.17, 15) is 18.7 Å². The predicted octanol–water partition coefficient (Wildman–Crippen LogP) is 3.36. The van der Waals surface area contributed by atoms with E-state index in [2.05, 4.69) is 4.74 Å². The number of ether oxygens (including phenoxy) is 2. The van der Waals surface area contributed by atoms with Crippen LogP contribution in [0.3, 0.4) is 0 Å². The van der Waals surface area contributed by atoms with Crippen molar-refractivity contribution in [2.45, 2.75) is 19.1 Å². The molecule has 0 aliphatic carbocycles. The fourth-order valence-electron chi connectivity index (χ4n) is 2.21. The normalized spacial score (nSPS) is 11.5. The summed E-state index contributed by atoms with van der Waals surface area (Å²) in [6.07, 6.45) is 0.538. The molecule has 0 spiro atoms. The Morgan fingerprint density at radius 1 is 1.08 bits per heavy atom. The van der Waals surface area contributed by atoms with E-state index in [-0.39, 0.29) is 30.8 Å². The molecule has 0 aromatic heterocycles. The van der Waals surface area contributed by atoms with E-state index in [0.717, 1.165) is 11.6 Å². The molecule has 1 atom stereocenters. The molecular formula is C17H18ClF2NO4. The van der Waals surface area contributed by atoms with Crippen LogP contribution in [0, 0.1) is 0 Å². The zero-order valence-corrected chi connectivity index (χ0v) is 13.9. The van der Waals surface area contributed by atoms with Crippen molar-refractivity contribution < 1.29 is 28.2 Å². The number of halogens is 3. The Bertz CT molecular complexity index is 686. The first-order chi connectivity index (χ1) is 11.5. The standard InChI is InChI=1S/C17H17F2NO4.ClH/c18-17(19)24-14-8-4-7-13(15(14)16(21)22)23-10-12(20)9-11-5-2-1-3-6-11;/h1-8,12,17H,9-10,20H2,(H,21,22);1H. The van der Waals surface area contributed by atoms with Gasteiger partial charge in [0.1, 0.15) is 23.7 Å². The first-order valence-electron chi connectivity index (χ1n) is 7.20. The topological polar surface area (TPSA) is 81.8 Å². The summed E-state index contributed by atoms with van der Waals surface area (Å²) in [4.78, 5) is 11.3. The number of nitrogens with two attached hydrogens (primary N) is 1. The van der Waals surface area contributed by atoms with E-state index in [1.165, 1.54) is 12.1 Å². The van der Waals surface area contributed by atoms with Crippen LogP contribution in [0.2, 0.25) is 0 Å². The second-order valence-electron chi connectivity index (χ2n) is 5.07. The van der Waals surface area contributed by atoms with Crippen LogP contribution in [-0.4, -0.2) is 30.3 Å². The van der Waals surface area contributed by atoms with Crippen LogP contribution >= 0.6 is 12.4 Å². The first kappa shape index (κ1) is 20.7. The molecule has 0 fully saturated rings. The Morgan fingerprint density at radius 2 is 1.72 bits per heavy atom. The maximum Gasteiger partial charge on any atom is 0.387 e. The van der Waals surface area contributed by atoms with Crippen LogP contribution in [0.5, 0.6) is 11.5 Å². The summed E-state index contributed by atoms with van der Waals surface area (Å²) in [5, 5.41) is 9.22. The maximum absolute atomic E-state index is 12.4. The van der Waals surface area contributed by atoms with E-state index in [4.69, 9.17) is 10.5 Å². The van der Waals surface area contributed by atoms with Crippen LogP contribution in [0.15, 0.2) is 48.5 Å². The number of hydrogen-bond donors (Lipinski definition) is 2. The van der Waals surface area contributed by atoms with Crippen molar-refractivity contribution in [1.29, 1.82) is 0 Å². The Kier molecular flexibility index (Phi) is 8.10. The predicted molar refractivity (Wildman–Crippen MR) is 90.9 cm³/mol. The van der Waals surface area contributed by atoms with Gasteiger partial charge in [-0.25, -0.2) is 4.79 Å². The molecule has 1 unspecified atom stereocenters. The van der Waals surface area contributed by atoms with Gasteiger partial charge in [0, 0.05) is 6.04 Å². The fraction of sp³-hybridized carbons (Fsp3) is 0.235. The number of carboxylic acid groups (broad SMARTS) is 1. The van der Waals surface area contributed by atoms with Gasteiger partial charge in [0.2, 0.25) is 0 Å². The van der Waals surface area contributed by atoms with Gasteiger partial charge in [0.05, 0.1) is 0 Å². The summed E-state index contributed by atoms with van der Waals surface area (Å²) in [6.45, 7) is -3.09. The zero-order chi connectivity index (χ0) is 17.5. The summed E-state index contributed by atoms with van der Waals surface area (Å²) < 4.78 is 34.4. The van der Waals surface area contributed by atoms with Crippen molar-refractivity contribution in [2.24, 2.45) is 5.73 Å². The van der Waals surface area contributed by atoms with Crippen LogP contribution < -0.4 is 15.2 Å². The molecule has 2 aromatic rings. The molecule has 0 amide bonds. The second kappa shape index (κ2) is 9.80. The highest BCUT2D eigenvalue weighted by Crippen LogP contribution is 2.29. The van der Waals surface area contributed by atoms with E-state index in [1.54, 1.807) is 0 Å². The number of alkyl halides is 2. The molecular weight excluding hydrogens is 356 g/mol. The lowest BCUT2D eigenvalue weighted by molar-refractivity contribution is -0.0504. The van der Waals surface area contributed by atoms with Gasteiger partial charge in [0.15, 0.2) is 0 Å². The number of aromatic carboxylic acids is 1. The number of hydrogen-bond acceptors (Lipinski definition) is 4. The Balaban J connectivity index is 0.00000312. The molecule has 0 bridgehead atoms. The zero-order valence-electron chi connectivity index (χ0n) is 13.1. The monoisotopic (exact) mass is 373 g/mol. The number of carbonyl (C=O) groups is 1. The van der Waals surface area contributed by atoms with Crippen molar-refractivity contribution in [2.75, 3.05) is 6.61 Å². The summed E-state index contributed by atoms with van der Waals surface area (Å²) in [7, 11) is 0. The van der Waals surface area contributed by atoms with E-state index in [1.807, 2.05) is 30.3 Å². The first-order valence-corrected chi connectivity index (χ1v) is 7.20. The average Bonchev–Trinajstić information content (AvgIpc) is 2.53. The molecule has 136 valence electrons. The second-order valence-corrected chi connectivity index (χ2v) is 5.07. The minimum Gasteiger partial charge on any atom is -0.491 e. The number of rotatable bonds is 8. The van der Waals surface area contributed by atoms with E-state index in [0.29, 0.717) is 6.42 Å². The highest BCUT2D eigenvalue weighted by atomic mass is 35.5. The largest absolute Gasteiger partial charge is 0.491 e. The molecule has 0 radical (unpaired) electrons. The Hall–Kier alpha value is -2.38. The molecule has 25 heavy (non-hydrogen) atoms. The third kappa shape index (κ3) is 6.21. The van der Waals surface area contributed by atoms with Crippen molar-refractivity contribution in [3.8, 4) is 11.5 Å². The van der Waals surface area contributed by atoms with Gasteiger partial charge < -0.3 is 20.3 Å². The summed E-state index contributed by atoms with van der Waals surface area (Å²) in [5.41, 5.74) is 6.54. The lowest BCUT2D eigenvalue weighted by Crippen LogP contribution is -2.30. The molecule has 5 nitrogen and oxygen atoms in total. The van der Waals surface area contributed by atoms with Crippen molar-refractivity contribution in [3.63, 3.8) is 0 Å². The summed E-state index contributed by atoms with van der Waals surface area (Å²) >= 11 is 0. The highest BCUT2D eigenvalue weighted by molar-refractivity contribution is 5.94. The van der Waals surface area contributed by atoms with Gasteiger partial charge in [-0.2, -0.15) is 8.78 Å². The molecule has 2 aromatic carbocycles. The van der Waals surface area contributed by atoms with Crippen LogP contribution in [0.25, 0.3) is 0 Å². The molecule has 0 saturated carbocycles. The minimum atomic E-state index is -3.13. The minimum absolute atomic E-state index is 0. The maximum atomic E-state index is 12.4. The van der Waals surface area contributed by atoms with Crippen molar-refractivity contribution >= 4 is 18.4 Å². The lowest BCUT2D eigenvalue weighted by atomic mass is 10.1. The van der Waals surface area contributed by atoms with Crippen molar-refractivity contribution in [1.82, 2.24) is 0 Å². The van der Waals surface area contributed by atoms with Gasteiger partial charge >= 0.3 is 12.6 Å². The quantitative estimate of drug-likeness (QED) is 0.741. The van der Waals surface area contributed by atoms with Crippen molar-refractivity contribution in [3.05, 3.63) is 59.7 Å².